The summed E-state index contributed by atoms with van der Waals surface area (Å²) in [5.74, 6) is -0.0835. The molecule has 4 rings (SSSR count). The van der Waals surface area contributed by atoms with Crippen LogP contribution in [0, 0.1) is 0 Å². The summed E-state index contributed by atoms with van der Waals surface area (Å²) in [5.41, 5.74) is 5.90. The Labute approximate surface area is 175 Å². The Morgan fingerprint density at radius 2 is 1.77 bits per heavy atom. The Morgan fingerprint density at radius 3 is 2.57 bits per heavy atom. The molecule has 150 valence electrons. The first-order valence-electron chi connectivity index (χ1n) is 9.93. The van der Waals surface area contributed by atoms with Gasteiger partial charge in [-0.15, -0.1) is 0 Å². The molecular weight excluding hydrogens is 377 g/mol. The highest BCUT2D eigenvalue weighted by molar-refractivity contribution is 6.62. The molecule has 1 aliphatic rings. The van der Waals surface area contributed by atoms with Gasteiger partial charge in [-0.05, 0) is 59.3 Å². The van der Waals surface area contributed by atoms with Crippen molar-refractivity contribution in [3.05, 3.63) is 83.4 Å². The monoisotopic (exact) mass is 399 g/mol. The number of ketones is 1. The van der Waals surface area contributed by atoms with Crippen molar-refractivity contribution in [1.82, 2.24) is 0 Å². The fourth-order valence-electron chi connectivity index (χ4n) is 3.75. The van der Waals surface area contributed by atoms with E-state index in [4.69, 9.17) is 4.65 Å². The average Bonchev–Trinajstić information content (AvgIpc) is 3.14. The average molecular weight is 399 g/mol. The van der Waals surface area contributed by atoms with E-state index in [1.54, 1.807) is 13.0 Å². The molecule has 0 bridgehead atoms. The van der Waals surface area contributed by atoms with Gasteiger partial charge in [-0.2, -0.15) is 0 Å². The molecule has 0 radical (unpaired) electrons. The summed E-state index contributed by atoms with van der Waals surface area (Å²) in [4.78, 5) is 24.1. The number of hydrogen-bond donors (Lipinski definition) is 2. The lowest BCUT2D eigenvalue weighted by atomic mass is 9.75. The Hall–Kier alpha value is -3.22. The van der Waals surface area contributed by atoms with Crippen LogP contribution in [0.25, 0.3) is 11.1 Å². The van der Waals surface area contributed by atoms with Gasteiger partial charge < -0.3 is 15.0 Å². The van der Waals surface area contributed by atoms with Gasteiger partial charge in [0.2, 0.25) is 5.91 Å². The minimum atomic E-state index is -0.915. The first kappa shape index (κ1) is 20.1. The van der Waals surface area contributed by atoms with Crippen LogP contribution < -0.4 is 10.8 Å². The normalized spacial score (nSPS) is 12.5. The van der Waals surface area contributed by atoms with Crippen molar-refractivity contribution in [3.8, 4) is 11.1 Å². The van der Waals surface area contributed by atoms with E-state index >= 15 is 0 Å². The number of nitrogens with one attached hydrogen (secondary N) is 1. The van der Waals surface area contributed by atoms with Crippen LogP contribution in [0.2, 0.25) is 0 Å². The molecule has 6 heteroatoms. The maximum absolute atomic E-state index is 12.5. The van der Waals surface area contributed by atoms with Gasteiger partial charge >= 0.3 is 7.12 Å². The van der Waals surface area contributed by atoms with Crippen LogP contribution in [-0.4, -0.2) is 23.8 Å². The minimum Gasteiger partial charge on any atom is -0.423 e. The summed E-state index contributed by atoms with van der Waals surface area (Å²) in [5, 5.41) is 13.0. The number of Topliss-reactive ketones (excluding diaryl/α,β-unsaturated/α-hetero) is 1. The predicted octanol–water partition coefficient (Wildman–Crippen LogP) is 3.35. The first-order chi connectivity index (χ1) is 14.5. The zero-order valence-electron chi connectivity index (χ0n) is 16.7. The van der Waals surface area contributed by atoms with E-state index in [1.807, 2.05) is 60.7 Å². The molecule has 0 aliphatic carbocycles. The Bertz CT molecular complexity index is 1110. The standard InChI is InChI=1S/C24H22BNO4/c1-16(27)18-6-3-7-19(13-18)20-8-4-10-22(14-20)26-23(28)12-11-17-5-2-9-21-15-30-25(29)24(17)21/h2-10,13-14,29H,11-12,15H2,1H3,(H,26,28). The van der Waals surface area contributed by atoms with Crippen molar-refractivity contribution in [3.63, 3.8) is 0 Å². The maximum Gasteiger partial charge on any atom is 0.492 e. The number of carbonyl (C=O) groups is 2. The number of amides is 1. The molecule has 5 nitrogen and oxygen atoms in total. The molecule has 0 fully saturated rings. The molecular formula is C24H22BNO4. The second kappa shape index (κ2) is 8.65. The number of aryl methyl sites for hydroxylation is 1. The molecule has 1 amide bonds. The third kappa shape index (κ3) is 4.35. The number of hydrogen-bond acceptors (Lipinski definition) is 4. The van der Waals surface area contributed by atoms with Gasteiger partial charge in [-0.25, -0.2) is 0 Å². The lowest BCUT2D eigenvalue weighted by Crippen LogP contribution is -2.31. The summed E-state index contributed by atoms with van der Waals surface area (Å²) in [7, 11) is -0.915. The van der Waals surface area contributed by atoms with Crippen molar-refractivity contribution in [2.75, 3.05) is 5.32 Å². The number of carbonyl (C=O) groups excluding carboxylic acids is 2. The number of anilines is 1. The molecule has 0 aromatic heterocycles. The van der Waals surface area contributed by atoms with Gasteiger partial charge in [0.25, 0.3) is 0 Å². The van der Waals surface area contributed by atoms with Crippen LogP contribution >= 0.6 is 0 Å². The van der Waals surface area contributed by atoms with Gasteiger partial charge in [-0.1, -0.05) is 48.5 Å². The molecule has 1 aliphatic heterocycles. The van der Waals surface area contributed by atoms with E-state index in [2.05, 4.69) is 5.32 Å². The molecule has 2 N–H and O–H groups in total. The van der Waals surface area contributed by atoms with E-state index in [-0.39, 0.29) is 11.7 Å². The number of benzene rings is 3. The van der Waals surface area contributed by atoms with Crippen molar-refractivity contribution >= 4 is 30.0 Å². The molecule has 3 aromatic carbocycles. The second-order valence-corrected chi connectivity index (χ2v) is 7.42. The van der Waals surface area contributed by atoms with Crippen molar-refractivity contribution in [1.29, 1.82) is 0 Å². The van der Waals surface area contributed by atoms with Gasteiger partial charge in [0.15, 0.2) is 5.78 Å². The molecule has 0 atom stereocenters. The Kier molecular flexibility index (Phi) is 5.79. The van der Waals surface area contributed by atoms with Gasteiger partial charge in [0, 0.05) is 17.7 Å². The van der Waals surface area contributed by atoms with Crippen LogP contribution in [0.15, 0.2) is 66.7 Å². The zero-order valence-corrected chi connectivity index (χ0v) is 16.7. The Morgan fingerprint density at radius 1 is 1.03 bits per heavy atom. The van der Waals surface area contributed by atoms with Crippen LogP contribution in [0.4, 0.5) is 5.69 Å². The highest BCUT2D eigenvalue weighted by Gasteiger charge is 2.29. The van der Waals surface area contributed by atoms with Gasteiger partial charge in [0.1, 0.15) is 0 Å². The van der Waals surface area contributed by atoms with Gasteiger partial charge in [0.05, 0.1) is 6.61 Å². The minimum absolute atomic E-state index is 0.0178. The second-order valence-electron chi connectivity index (χ2n) is 7.42. The van der Waals surface area contributed by atoms with Gasteiger partial charge in [-0.3, -0.25) is 9.59 Å². The largest absolute Gasteiger partial charge is 0.492 e. The third-order valence-electron chi connectivity index (χ3n) is 5.30. The summed E-state index contributed by atoms with van der Waals surface area (Å²) in [6, 6.07) is 20.8. The van der Waals surface area contributed by atoms with E-state index in [0.29, 0.717) is 30.7 Å². The molecule has 0 unspecified atom stereocenters. The summed E-state index contributed by atoms with van der Waals surface area (Å²) >= 11 is 0. The number of rotatable bonds is 6. The smallest absolute Gasteiger partial charge is 0.423 e. The number of fused-ring (bicyclic) bond motifs is 1. The Balaban J connectivity index is 1.44. The van der Waals surface area contributed by atoms with E-state index in [1.165, 1.54) is 0 Å². The fraction of sp³-hybridized carbons (Fsp3) is 0.167. The van der Waals surface area contributed by atoms with Crippen molar-refractivity contribution in [2.24, 2.45) is 0 Å². The lowest BCUT2D eigenvalue weighted by Gasteiger charge is -2.10. The SMILES string of the molecule is CC(=O)c1cccc(-c2cccc(NC(=O)CCc3cccc4c3B(O)OC4)c2)c1. The highest BCUT2D eigenvalue weighted by Crippen LogP contribution is 2.24. The highest BCUT2D eigenvalue weighted by atomic mass is 16.5. The quantitative estimate of drug-likeness (QED) is 0.493. The van der Waals surface area contributed by atoms with E-state index in [9.17, 15) is 14.6 Å². The lowest BCUT2D eigenvalue weighted by molar-refractivity contribution is -0.116. The third-order valence-corrected chi connectivity index (χ3v) is 5.30. The van der Waals surface area contributed by atoms with Crippen LogP contribution in [0.1, 0.15) is 34.8 Å². The summed E-state index contributed by atoms with van der Waals surface area (Å²) < 4.78 is 5.28. The van der Waals surface area contributed by atoms with Crippen molar-refractivity contribution < 1.29 is 19.3 Å². The van der Waals surface area contributed by atoms with E-state index in [0.717, 1.165) is 27.7 Å². The van der Waals surface area contributed by atoms with Crippen LogP contribution in [-0.2, 0) is 22.5 Å². The summed E-state index contributed by atoms with van der Waals surface area (Å²) in [6.45, 7) is 1.94. The molecule has 1 heterocycles. The fourth-order valence-corrected chi connectivity index (χ4v) is 3.75. The first-order valence-corrected chi connectivity index (χ1v) is 9.93. The molecule has 3 aromatic rings. The predicted molar refractivity (Wildman–Crippen MR) is 118 cm³/mol. The molecule has 0 saturated heterocycles. The topological polar surface area (TPSA) is 75.6 Å². The van der Waals surface area contributed by atoms with Crippen molar-refractivity contribution in [2.45, 2.75) is 26.4 Å². The van der Waals surface area contributed by atoms with Crippen LogP contribution in [0.5, 0.6) is 0 Å². The summed E-state index contributed by atoms with van der Waals surface area (Å²) in [6.07, 6.45) is 0.822. The van der Waals surface area contributed by atoms with E-state index < -0.39 is 7.12 Å². The molecule has 30 heavy (non-hydrogen) atoms. The maximum atomic E-state index is 12.5. The van der Waals surface area contributed by atoms with Crippen LogP contribution in [0.3, 0.4) is 0 Å². The molecule has 0 spiro atoms. The molecule has 0 saturated carbocycles. The zero-order chi connectivity index (χ0) is 21.1.